The monoisotopic (exact) mass is 308 g/mol. The van der Waals surface area contributed by atoms with Gasteiger partial charge in [-0.1, -0.05) is 0 Å². The molecule has 2 saturated heterocycles. The van der Waals surface area contributed by atoms with E-state index in [4.69, 9.17) is 4.74 Å². The van der Waals surface area contributed by atoms with Crippen molar-refractivity contribution in [2.75, 3.05) is 39.4 Å². The number of hydrogen-bond donors (Lipinski definition) is 0. The van der Waals surface area contributed by atoms with Gasteiger partial charge in [0.05, 0.1) is 12.5 Å². The van der Waals surface area contributed by atoms with Crippen LogP contribution in [0.25, 0.3) is 0 Å². The molecule has 116 valence electrons. The Balaban J connectivity index is 1.51. The van der Waals surface area contributed by atoms with Crippen LogP contribution in [0.1, 0.15) is 31.4 Å². The van der Waals surface area contributed by atoms with E-state index in [-0.39, 0.29) is 5.92 Å². The molecule has 1 amide bonds. The summed E-state index contributed by atoms with van der Waals surface area (Å²) in [5, 5.41) is 4.36. The fraction of sp³-hybridized carbons (Fsp3) is 0.688. The van der Waals surface area contributed by atoms with Crippen LogP contribution in [0.3, 0.4) is 0 Å². The van der Waals surface area contributed by atoms with Gasteiger partial charge < -0.3 is 9.64 Å². The second-order valence-electron chi connectivity index (χ2n) is 6.01. The van der Waals surface area contributed by atoms with Gasteiger partial charge in [0.1, 0.15) is 0 Å². The topological polar surface area (TPSA) is 32.8 Å². The van der Waals surface area contributed by atoms with Crippen molar-refractivity contribution in [3.8, 4) is 0 Å². The standard InChI is InChI=1S/C16H24N2O2S/c1-13(15-4-10-21-12-15)17-5-7-18(8-6-17)16(19)14-3-2-9-20-11-14/h4,10,12-14H,2-3,5-9,11H2,1H3/t13-,14-/m0/s1. The quantitative estimate of drug-likeness (QED) is 0.859. The average Bonchev–Trinajstić information content (AvgIpc) is 3.09. The van der Waals surface area contributed by atoms with Gasteiger partial charge in [0.2, 0.25) is 5.91 Å². The summed E-state index contributed by atoms with van der Waals surface area (Å²) in [7, 11) is 0. The Morgan fingerprint density at radius 3 is 2.81 bits per heavy atom. The molecule has 21 heavy (non-hydrogen) atoms. The van der Waals surface area contributed by atoms with Crippen molar-refractivity contribution >= 4 is 17.2 Å². The molecule has 3 heterocycles. The van der Waals surface area contributed by atoms with Gasteiger partial charge in [0, 0.05) is 38.8 Å². The molecule has 0 spiro atoms. The first-order valence-electron chi connectivity index (χ1n) is 7.88. The van der Waals surface area contributed by atoms with Crippen LogP contribution >= 0.6 is 11.3 Å². The van der Waals surface area contributed by atoms with Gasteiger partial charge in [0.25, 0.3) is 0 Å². The molecule has 2 aliphatic rings. The van der Waals surface area contributed by atoms with Gasteiger partial charge in [-0.2, -0.15) is 11.3 Å². The Labute approximate surface area is 130 Å². The summed E-state index contributed by atoms with van der Waals surface area (Å²) in [4.78, 5) is 17.0. The first kappa shape index (κ1) is 15.0. The minimum atomic E-state index is 0.0968. The summed E-state index contributed by atoms with van der Waals surface area (Å²) in [6.45, 7) is 7.33. The predicted octanol–water partition coefficient (Wildman–Crippen LogP) is 2.38. The van der Waals surface area contributed by atoms with E-state index in [1.165, 1.54) is 5.56 Å². The van der Waals surface area contributed by atoms with E-state index in [2.05, 4.69) is 28.7 Å². The Bertz CT molecular complexity index is 449. The van der Waals surface area contributed by atoms with Crippen molar-refractivity contribution < 1.29 is 9.53 Å². The Morgan fingerprint density at radius 1 is 1.38 bits per heavy atom. The first-order chi connectivity index (χ1) is 10.3. The number of amides is 1. The van der Waals surface area contributed by atoms with Gasteiger partial charge in [0.15, 0.2) is 0 Å². The maximum absolute atomic E-state index is 12.5. The lowest BCUT2D eigenvalue weighted by Crippen LogP contribution is -2.51. The van der Waals surface area contributed by atoms with Crippen molar-refractivity contribution in [2.24, 2.45) is 5.92 Å². The maximum atomic E-state index is 12.5. The summed E-state index contributed by atoms with van der Waals surface area (Å²) in [5.74, 6) is 0.400. The molecule has 3 rings (SSSR count). The number of hydrogen-bond acceptors (Lipinski definition) is 4. The molecular formula is C16H24N2O2S. The first-order valence-corrected chi connectivity index (χ1v) is 8.82. The van der Waals surface area contributed by atoms with Crippen LogP contribution in [0.5, 0.6) is 0 Å². The highest BCUT2D eigenvalue weighted by atomic mass is 32.1. The molecule has 2 aliphatic heterocycles. The minimum Gasteiger partial charge on any atom is -0.381 e. The number of carbonyl (C=O) groups is 1. The Morgan fingerprint density at radius 2 is 2.19 bits per heavy atom. The van der Waals surface area contributed by atoms with Crippen LogP contribution < -0.4 is 0 Å². The highest BCUT2D eigenvalue weighted by Crippen LogP contribution is 2.24. The van der Waals surface area contributed by atoms with E-state index >= 15 is 0 Å². The zero-order valence-corrected chi connectivity index (χ0v) is 13.5. The molecule has 0 aliphatic carbocycles. The van der Waals surface area contributed by atoms with Gasteiger partial charge in [-0.15, -0.1) is 0 Å². The molecule has 2 fully saturated rings. The highest BCUT2D eigenvalue weighted by Gasteiger charge is 2.30. The molecule has 1 aromatic rings. The van der Waals surface area contributed by atoms with E-state index in [0.29, 0.717) is 18.6 Å². The summed E-state index contributed by atoms with van der Waals surface area (Å²) >= 11 is 1.75. The van der Waals surface area contributed by atoms with Crippen molar-refractivity contribution in [1.82, 2.24) is 9.80 Å². The summed E-state index contributed by atoms with van der Waals surface area (Å²) in [5.41, 5.74) is 1.39. The van der Waals surface area contributed by atoms with Crippen molar-refractivity contribution in [3.05, 3.63) is 22.4 Å². The number of ether oxygens (including phenoxy) is 1. The lowest BCUT2D eigenvalue weighted by atomic mass is 10.00. The van der Waals surface area contributed by atoms with E-state index < -0.39 is 0 Å². The third kappa shape index (κ3) is 3.47. The molecule has 0 bridgehead atoms. The molecule has 1 aromatic heterocycles. The second-order valence-corrected chi connectivity index (χ2v) is 6.79. The lowest BCUT2D eigenvalue weighted by Gasteiger charge is -2.39. The third-order valence-corrected chi connectivity index (χ3v) is 5.41. The smallest absolute Gasteiger partial charge is 0.228 e. The van der Waals surface area contributed by atoms with Crippen molar-refractivity contribution in [3.63, 3.8) is 0 Å². The number of thiophene rings is 1. The third-order valence-electron chi connectivity index (χ3n) is 4.71. The van der Waals surface area contributed by atoms with Crippen LogP contribution in [-0.2, 0) is 9.53 Å². The van der Waals surface area contributed by atoms with Crippen LogP contribution in [-0.4, -0.2) is 55.1 Å². The summed E-state index contributed by atoms with van der Waals surface area (Å²) in [6.07, 6.45) is 2.01. The number of piperazine rings is 1. The van der Waals surface area contributed by atoms with Crippen molar-refractivity contribution in [2.45, 2.75) is 25.8 Å². The fourth-order valence-corrected chi connectivity index (χ4v) is 3.99. The average molecular weight is 308 g/mol. The van der Waals surface area contributed by atoms with E-state index in [1.54, 1.807) is 11.3 Å². The Hall–Kier alpha value is -0.910. The maximum Gasteiger partial charge on any atom is 0.228 e. The minimum absolute atomic E-state index is 0.0968. The largest absolute Gasteiger partial charge is 0.381 e. The molecule has 0 saturated carbocycles. The molecule has 4 nitrogen and oxygen atoms in total. The SMILES string of the molecule is C[C@@H](c1ccsc1)N1CCN(C(=O)[C@H]2CCCOC2)CC1. The molecule has 0 radical (unpaired) electrons. The van der Waals surface area contributed by atoms with Crippen molar-refractivity contribution in [1.29, 1.82) is 0 Å². The zero-order chi connectivity index (χ0) is 14.7. The van der Waals surface area contributed by atoms with Crippen LogP contribution in [0, 0.1) is 5.92 Å². The van der Waals surface area contributed by atoms with E-state index in [0.717, 1.165) is 45.6 Å². The summed E-state index contributed by atoms with van der Waals surface area (Å²) in [6, 6.07) is 2.65. The molecule has 2 atom stereocenters. The molecule has 0 N–H and O–H groups in total. The Kier molecular flexibility index (Phi) is 4.93. The normalized spacial score (nSPS) is 25.8. The highest BCUT2D eigenvalue weighted by molar-refractivity contribution is 7.07. The second kappa shape index (κ2) is 6.90. The van der Waals surface area contributed by atoms with E-state index in [1.807, 2.05) is 4.90 Å². The van der Waals surface area contributed by atoms with Crippen LogP contribution in [0.4, 0.5) is 0 Å². The van der Waals surface area contributed by atoms with Gasteiger partial charge in [-0.05, 0) is 42.2 Å². The number of nitrogens with zero attached hydrogens (tertiary/aromatic N) is 2. The van der Waals surface area contributed by atoms with Gasteiger partial charge in [-0.3, -0.25) is 9.69 Å². The molecular weight excluding hydrogens is 284 g/mol. The zero-order valence-electron chi connectivity index (χ0n) is 12.7. The lowest BCUT2D eigenvalue weighted by molar-refractivity contribution is -0.141. The van der Waals surface area contributed by atoms with Gasteiger partial charge in [-0.25, -0.2) is 0 Å². The fourth-order valence-electron chi connectivity index (χ4n) is 3.25. The molecule has 5 heteroatoms. The van der Waals surface area contributed by atoms with E-state index in [9.17, 15) is 4.79 Å². The number of rotatable bonds is 3. The van der Waals surface area contributed by atoms with Crippen LogP contribution in [0.15, 0.2) is 16.8 Å². The predicted molar refractivity (Wildman–Crippen MR) is 84.4 cm³/mol. The molecule has 0 unspecified atom stereocenters. The molecule has 0 aromatic carbocycles. The van der Waals surface area contributed by atoms with Crippen LogP contribution in [0.2, 0.25) is 0 Å². The summed E-state index contributed by atoms with van der Waals surface area (Å²) < 4.78 is 5.45. The number of carbonyl (C=O) groups excluding carboxylic acids is 1. The van der Waals surface area contributed by atoms with Gasteiger partial charge >= 0.3 is 0 Å².